The fourth-order valence-electron chi connectivity index (χ4n) is 2.40. The molecule has 1 aromatic rings. The van der Waals surface area contributed by atoms with Crippen LogP contribution >= 0.6 is 0 Å². The highest BCUT2D eigenvalue weighted by Gasteiger charge is 2.22. The lowest BCUT2D eigenvalue weighted by molar-refractivity contribution is 0.415. The third-order valence-corrected chi connectivity index (χ3v) is 3.19. The molecule has 1 atom stereocenters. The number of hydrogen-bond acceptors (Lipinski definition) is 3. The largest absolute Gasteiger partial charge is 0.497 e. The van der Waals surface area contributed by atoms with Gasteiger partial charge in [-0.05, 0) is 30.7 Å². The molecule has 0 amide bonds. The van der Waals surface area contributed by atoms with E-state index in [1.807, 2.05) is 12.1 Å². The van der Waals surface area contributed by atoms with Gasteiger partial charge < -0.3 is 15.0 Å². The molecule has 1 unspecified atom stereocenters. The van der Waals surface area contributed by atoms with Gasteiger partial charge in [-0.1, -0.05) is 13.8 Å². The van der Waals surface area contributed by atoms with Crippen LogP contribution < -0.4 is 15.0 Å². The van der Waals surface area contributed by atoms with Gasteiger partial charge in [0.15, 0.2) is 0 Å². The Morgan fingerprint density at radius 2 is 2.00 bits per heavy atom. The van der Waals surface area contributed by atoms with Gasteiger partial charge in [0.1, 0.15) is 5.75 Å². The van der Waals surface area contributed by atoms with Crippen molar-refractivity contribution in [1.82, 2.24) is 5.32 Å². The van der Waals surface area contributed by atoms with Gasteiger partial charge >= 0.3 is 0 Å². The molecule has 0 spiro atoms. The summed E-state index contributed by atoms with van der Waals surface area (Å²) in [6, 6.07) is 9.51. The molecule has 1 aromatic carbocycles. The van der Waals surface area contributed by atoms with E-state index in [4.69, 9.17) is 4.74 Å². The molecule has 1 aliphatic rings. The third kappa shape index (κ3) is 3.13. The summed E-state index contributed by atoms with van der Waals surface area (Å²) in [4.78, 5) is 2.43. The van der Waals surface area contributed by atoms with E-state index < -0.39 is 0 Å². The van der Waals surface area contributed by atoms with Gasteiger partial charge in [0.05, 0.1) is 7.11 Å². The molecule has 0 saturated carbocycles. The first kappa shape index (κ1) is 12.2. The summed E-state index contributed by atoms with van der Waals surface area (Å²) in [5, 5.41) is 3.60. The van der Waals surface area contributed by atoms with Crippen LogP contribution in [0.4, 0.5) is 5.69 Å². The summed E-state index contributed by atoms with van der Waals surface area (Å²) in [5.41, 5.74) is 1.29. The quantitative estimate of drug-likeness (QED) is 0.865. The molecule has 0 aromatic heterocycles. The van der Waals surface area contributed by atoms with E-state index in [9.17, 15) is 0 Å². The van der Waals surface area contributed by atoms with Crippen LogP contribution in [0.2, 0.25) is 0 Å². The van der Waals surface area contributed by atoms with Gasteiger partial charge in [0.25, 0.3) is 0 Å². The van der Waals surface area contributed by atoms with Crippen molar-refractivity contribution in [2.24, 2.45) is 0 Å². The van der Waals surface area contributed by atoms with Crippen molar-refractivity contribution >= 4 is 5.69 Å². The molecule has 0 aliphatic carbocycles. The minimum atomic E-state index is 0.566. The maximum atomic E-state index is 5.17. The Morgan fingerprint density at radius 1 is 1.29 bits per heavy atom. The van der Waals surface area contributed by atoms with E-state index in [-0.39, 0.29) is 0 Å². The number of benzene rings is 1. The molecule has 0 bridgehead atoms. The molecular weight excluding hydrogens is 212 g/mol. The molecule has 1 fully saturated rings. The van der Waals surface area contributed by atoms with Crippen molar-refractivity contribution in [2.75, 3.05) is 25.1 Å². The van der Waals surface area contributed by atoms with Gasteiger partial charge in [-0.2, -0.15) is 0 Å². The molecule has 1 heterocycles. The highest BCUT2D eigenvalue weighted by molar-refractivity contribution is 5.50. The number of anilines is 1. The summed E-state index contributed by atoms with van der Waals surface area (Å²) in [5.74, 6) is 0.921. The van der Waals surface area contributed by atoms with Crippen molar-refractivity contribution in [1.29, 1.82) is 0 Å². The van der Waals surface area contributed by atoms with E-state index in [2.05, 4.69) is 36.2 Å². The highest BCUT2D eigenvalue weighted by atomic mass is 16.5. The fraction of sp³-hybridized carbons (Fsp3) is 0.571. The summed E-state index contributed by atoms with van der Waals surface area (Å²) in [6.07, 6.45) is 1.23. The van der Waals surface area contributed by atoms with E-state index in [0.717, 1.165) is 18.8 Å². The minimum Gasteiger partial charge on any atom is -0.497 e. The Labute approximate surface area is 104 Å². The predicted octanol–water partition coefficient (Wildman–Crippen LogP) is 2.27. The lowest BCUT2D eigenvalue weighted by Gasteiger charge is -2.20. The highest BCUT2D eigenvalue weighted by Crippen LogP contribution is 2.23. The zero-order chi connectivity index (χ0) is 12.3. The Kier molecular flexibility index (Phi) is 3.89. The van der Waals surface area contributed by atoms with Crippen molar-refractivity contribution in [2.45, 2.75) is 32.4 Å². The van der Waals surface area contributed by atoms with Crippen LogP contribution in [-0.4, -0.2) is 32.3 Å². The predicted molar refractivity (Wildman–Crippen MR) is 71.9 cm³/mol. The van der Waals surface area contributed by atoms with E-state index >= 15 is 0 Å². The number of nitrogens with one attached hydrogen (secondary N) is 1. The molecule has 1 saturated heterocycles. The molecule has 1 N–H and O–H groups in total. The summed E-state index contributed by atoms with van der Waals surface area (Å²) in [6.45, 7) is 6.65. The summed E-state index contributed by atoms with van der Waals surface area (Å²) in [7, 11) is 1.70. The van der Waals surface area contributed by atoms with Gasteiger partial charge in [-0.25, -0.2) is 0 Å². The lowest BCUT2D eigenvalue weighted by Crippen LogP contribution is -2.36. The summed E-state index contributed by atoms with van der Waals surface area (Å²) < 4.78 is 5.17. The number of ether oxygens (including phenoxy) is 1. The maximum Gasteiger partial charge on any atom is 0.119 e. The van der Waals surface area contributed by atoms with Crippen molar-refractivity contribution in [3.8, 4) is 5.75 Å². The fourth-order valence-corrected chi connectivity index (χ4v) is 2.40. The topological polar surface area (TPSA) is 24.5 Å². The summed E-state index contributed by atoms with van der Waals surface area (Å²) >= 11 is 0. The Bertz CT molecular complexity index is 348. The van der Waals surface area contributed by atoms with Crippen LogP contribution in [-0.2, 0) is 0 Å². The average molecular weight is 234 g/mol. The third-order valence-electron chi connectivity index (χ3n) is 3.19. The smallest absolute Gasteiger partial charge is 0.119 e. The molecule has 3 heteroatoms. The first-order valence-electron chi connectivity index (χ1n) is 6.34. The Balaban J connectivity index is 1.95. The number of nitrogens with zero attached hydrogens (tertiary/aromatic N) is 1. The maximum absolute atomic E-state index is 5.17. The second-order valence-corrected chi connectivity index (χ2v) is 4.95. The molecule has 1 aliphatic heterocycles. The van der Waals surface area contributed by atoms with Crippen molar-refractivity contribution in [3.05, 3.63) is 24.3 Å². The van der Waals surface area contributed by atoms with Crippen LogP contribution in [0.25, 0.3) is 0 Å². The van der Waals surface area contributed by atoms with E-state index in [0.29, 0.717) is 12.1 Å². The zero-order valence-electron chi connectivity index (χ0n) is 10.9. The van der Waals surface area contributed by atoms with Crippen LogP contribution in [0.15, 0.2) is 24.3 Å². The van der Waals surface area contributed by atoms with Gasteiger partial charge in [-0.3, -0.25) is 0 Å². The van der Waals surface area contributed by atoms with E-state index in [1.165, 1.54) is 12.1 Å². The molecule has 2 rings (SSSR count). The molecule has 17 heavy (non-hydrogen) atoms. The second-order valence-electron chi connectivity index (χ2n) is 4.95. The standard InChI is InChI=1S/C14H22N2O/c1-11(2)15-12-8-9-16(10-12)13-4-6-14(17-3)7-5-13/h4-7,11-12,15H,8-10H2,1-3H3. The zero-order valence-corrected chi connectivity index (χ0v) is 10.9. The first-order valence-corrected chi connectivity index (χ1v) is 6.34. The van der Waals surface area contributed by atoms with Crippen LogP contribution in [0.5, 0.6) is 5.75 Å². The molecule has 94 valence electrons. The van der Waals surface area contributed by atoms with Crippen LogP contribution in [0.3, 0.4) is 0 Å². The molecule has 0 radical (unpaired) electrons. The lowest BCUT2D eigenvalue weighted by atomic mass is 10.2. The average Bonchev–Trinajstić information content (AvgIpc) is 2.77. The number of rotatable bonds is 4. The number of methoxy groups -OCH3 is 1. The second kappa shape index (κ2) is 5.41. The van der Waals surface area contributed by atoms with Crippen molar-refractivity contribution in [3.63, 3.8) is 0 Å². The molecular formula is C14H22N2O. The monoisotopic (exact) mass is 234 g/mol. The normalized spacial score (nSPS) is 20.0. The van der Waals surface area contributed by atoms with Gasteiger partial charge in [-0.15, -0.1) is 0 Å². The van der Waals surface area contributed by atoms with Gasteiger partial charge in [0.2, 0.25) is 0 Å². The number of hydrogen-bond donors (Lipinski definition) is 1. The van der Waals surface area contributed by atoms with Crippen LogP contribution in [0, 0.1) is 0 Å². The molecule has 3 nitrogen and oxygen atoms in total. The Hall–Kier alpha value is -1.22. The SMILES string of the molecule is COc1ccc(N2CCC(NC(C)C)C2)cc1. The Morgan fingerprint density at radius 3 is 2.59 bits per heavy atom. The van der Waals surface area contributed by atoms with Gasteiger partial charge in [0, 0.05) is 30.9 Å². The van der Waals surface area contributed by atoms with E-state index in [1.54, 1.807) is 7.11 Å². The first-order chi connectivity index (χ1) is 8.19. The van der Waals surface area contributed by atoms with Crippen LogP contribution in [0.1, 0.15) is 20.3 Å². The minimum absolute atomic E-state index is 0.566. The van der Waals surface area contributed by atoms with Crippen molar-refractivity contribution < 1.29 is 4.74 Å².